The van der Waals surface area contributed by atoms with E-state index in [4.69, 9.17) is 0 Å². The van der Waals surface area contributed by atoms with Gasteiger partial charge in [0, 0.05) is 11.4 Å². The van der Waals surface area contributed by atoms with Crippen LogP contribution in [0.2, 0.25) is 0 Å². The van der Waals surface area contributed by atoms with Crippen LogP contribution in [0.4, 0.5) is 0 Å². The maximum Gasteiger partial charge on any atom is 0.226 e. The van der Waals surface area contributed by atoms with Crippen molar-refractivity contribution in [3.05, 3.63) is 106 Å². The Kier molecular flexibility index (Phi) is 4.66. The van der Waals surface area contributed by atoms with Crippen LogP contribution in [0.5, 0.6) is 0 Å². The molecule has 3 nitrogen and oxygen atoms in total. The minimum atomic E-state index is -0.0471. The molecule has 0 amide bonds. The van der Waals surface area contributed by atoms with Crippen LogP contribution in [0.15, 0.2) is 94.1 Å². The van der Waals surface area contributed by atoms with Gasteiger partial charge in [-0.25, -0.2) is 0 Å². The zero-order valence-electron chi connectivity index (χ0n) is 13.6. The molecule has 0 radical (unpaired) electrons. The summed E-state index contributed by atoms with van der Waals surface area (Å²) in [6, 6.07) is 27.1. The summed E-state index contributed by atoms with van der Waals surface area (Å²) in [5, 5.41) is 0. The Labute approximate surface area is 168 Å². The summed E-state index contributed by atoms with van der Waals surface area (Å²) < 4.78 is 5.50. The van der Waals surface area contributed by atoms with Crippen molar-refractivity contribution in [2.45, 2.75) is 0 Å². The van der Waals surface area contributed by atoms with E-state index < -0.39 is 0 Å². The van der Waals surface area contributed by atoms with E-state index in [0.29, 0.717) is 11.4 Å². The van der Waals surface area contributed by atoms with Crippen LogP contribution in [0.3, 0.4) is 0 Å². The summed E-state index contributed by atoms with van der Waals surface area (Å²) in [6.45, 7) is 0. The highest BCUT2D eigenvalue weighted by molar-refractivity contribution is 9.10. The first-order chi connectivity index (χ1) is 12.7. The van der Waals surface area contributed by atoms with Gasteiger partial charge in [-0.2, -0.15) is 0 Å². The predicted octanol–water partition coefficient (Wildman–Crippen LogP) is 6.02. The zero-order chi connectivity index (χ0) is 18.1. The Morgan fingerprint density at radius 3 is 1.35 bits per heavy atom. The number of ketones is 1. The molecule has 0 aliphatic rings. The molecule has 0 spiro atoms. The highest BCUT2D eigenvalue weighted by atomic mass is 79.9. The van der Waals surface area contributed by atoms with Crippen LogP contribution in [0, 0.1) is 0 Å². The quantitative estimate of drug-likeness (QED) is 0.335. The van der Waals surface area contributed by atoms with Crippen LogP contribution in [0.1, 0.15) is 16.2 Å². The maximum absolute atomic E-state index is 13.4. The first kappa shape index (κ1) is 17.1. The number of carbonyl (C=O) groups is 1. The van der Waals surface area contributed by atoms with E-state index in [1.54, 1.807) is 0 Å². The molecule has 0 N–H and O–H groups in total. The molecule has 0 aliphatic carbocycles. The van der Waals surface area contributed by atoms with Gasteiger partial charge in [0.1, 0.15) is 0 Å². The van der Waals surface area contributed by atoms with Crippen molar-refractivity contribution in [2.24, 2.45) is 0 Å². The minimum absolute atomic E-state index is 0.0471. The molecule has 0 fully saturated rings. The molecule has 0 bridgehead atoms. The van der Waals surface area contributed by atoms with Gasteiger partial charge in [0.25, 0.3) is 0 Å². The van der Waals surface area contributed by atoms with Crippen molar-refractivity contribution in [1.29, 1.82) is 0 Å². The molecule has 2 aromatic heterocycles. The van der Waals surface area contributed by atoms with Gasteiger partial charge in [0.2, 0.25) is 5.78 Å². The van der Waals surface area contributed by atoms with Crippen LogP contribution >= 0.6 is 31.9 Å². The lowest BCUT2D eigenvalue weighted by Gasteiger charge is -2.13. The second-order valence-corrected chi connectivity index (χ2v) is 7.38. The second kappa shape index (κ2) is 7.09. The SMILES string of the molecule is O=C(c1ccc(Br)n1-c1ccccc1)c1ccc(Br)n1-c1ccccc1. The third-order valence-corrected chi connectivity index (χ3v) is 5.40. The standard InChI is InChI=1S/C21H14Br2N2O/c22-19-13-11-17(24(19)15-7-3-1-4-8-15)21(26)18-12-14-20(23)25(18)16-9-5-2-6-10-16/h1-14H. The van der Waals surface area contributed by atoms with Crippen molar-refractivity contribution in [1.82, 2.24) is 9.13 Å². The summed E-state index contributed by atoms with van der Waals surface area (Å²) in [5.41, 5.74) is 3.07. The summed E-state index contributed by atoms with van der Waals surface area (Å²) in [4.78, 5) is 13.4. The second-order valence-electron chi connectivity index (χ2n) is 5.75. The van der Waals surface area contributed by atoms with Crippen LogP contribution in [-0.4, -0.2) is 14.9 Å². The van der Waals surface area contributed by atoms with E-state index in [9.17, 15) is 4.79 Å². The Morgan fingerprint density at radius 2 is 0.962 bits per heavy atom. The fraction of sp³-hybridized carbons (Fsp3) is 0. The molecule has 0 atom stereocenters. The van der Waals surface area contributed by atoms with E-state index in [1.165, 1.54) is 0 Å². The number of aromatic nitrogens is 2. The zero-order valence-corrected chi connectivity index (χ0v) is 16.8. The van der Waals surface area contributed by atoms with E-state index in [1.807, 2.05) is 94.1 Å². The molecule has 0 saturated heterocycles. The van der Waals surface area contributed by atoms with E-state index in [0.717, 1.165) is 20.6 Å². The fourth-order valence-corrected chi connectivity index (χ4v) is 4.04. The Morgan fingerprint density at radius 1 is 0.577 bits per heavy atom. The van der Waals surface area contributed by atoms with Gasteiger partial charge in [-0.15, -0.1) is 0 Å². The summed E-state index contributed by atoms with van der Waals surface area (Å²) >= 11 is 7.12. The fourth-order valence-electron chi connectivity index (χ4n) is 2.99. The Hall–Kier alpha value is -2.37. The van der Waals surface area contributed by atoms with Gasteiger partial charge in [-0.1, -0.05) is 36.4 Å². The number of halogens is 2. The molecule has 26 heavy (non-hydrogen) atoms. The van der Waals surface area contributed by atoms with Gasteiger partial charge >= 0.3 is 0 Å². The Bertz CT molecular complexity index is 980. The normalized spacial score (nSPS) is 10.8. The number of nitrogens with zero attached hydrogens (tertiary/aromatic N) is 2. The molecule has 0 aliphatic heterocycles. The van der Waals surface area contributed by atoms with Crippen molar-refractivity contribution < 1.29 is 4.79 Å². The highest BCUT2D eigenvalue weighted by Crippen LogP contribution is 2.27. The lowest BCUT2D eigenvalue weighted by molar-refractivity contribution is 0.102. The largest absolute Gasteiger partial charge is 0.301 e. The number of benzene rings is 2. The van der Waals surface area contributed by atoms with Crippen LogP contribution in [0.25, 0.3) is 11.4 Å². The first-order valence-electron chi connectivity index (χ1n) is 8.07. The lowest BCUT2D eigenvalue weighted by Crippen LogP contribution is -2.13. The van der Waals surface area contributed by atoms with Gasteiger partial charge < -0.3 is 9.13 Å². The van der Waals surface area contributed by atoms with Gasteiger partial charge in [-0.05, 0) is 80.4 Å². The van der Waals surface area contributed by atoms with Crippen LogP contribution < -0.4 is 0 Å². The monoisotopic (exact) mass is 468 g/mol. The van der Waals surface area contributed by atoms with Crippen molar-refractivity contribution >= 4 is 37.6 Å². The highest BCUT2D eigenvalue weighted by Gasteiger charge is 2.21. The lowest BCUT2D eigenvalue weighted by atomic mass is 10.2. The van der Waals surface area contributed by atoms with E-state index in [-0.39, 0.29) is 5.78 Å². The molecule has 5 heteroatoms. The third-order valence-electron chi connectivity index (χ3n) is 4.16. The molecular weight excluding hydrogens is 456 g/mol. The molecule has 4 rings (SSSR count). The number of hydrogen-bond acceptors (Lipinski definition) is 1. The van der Waals surface area contributed by atoms with Gasteiger partial charge in [0.15, 0.2) is 0 Å². The minimum Gasteiger partial charge on any atom is -0.301 e. The number of rotatable bonds is 4. The number of para-hydroxylation sites is 2. The molecule has 2 heterocycles. The van der Waals surface area contributed by atoms with E-state index in [2.05, 4.69) is 31.9 Å². The topological polar surface area (TPSA) is 26.9 Å². The summed E-state index contributed by atoms with van der Waals surface area (Å²) in [7, 11) is 0. The van der Waals surface area contributed by atoms with Crippen molar-refractivity contribution in [3.8, 4) is 11.4 Å². The average Bonchev–Trinajstić information content (AvgIpc) is 3.25. The van der Waals surface area contributed by atoms with E-state index >= 15 is 0 Å². The predicted molar refractivity (Wildman–Crippen MR) is 110 cm³/mol. The van der Waals surface area contributed by atoms with Crippen molar-refractivity contribution in [3.63, 3.8) is 0 Å². The van der Waals surface area contributed by atoms with Gasteiger partial charge in [0.05, 0.1) is 20.6 Å². The summed E-state index contributed by atoms with van der Waals surface area (Å²) in [6.07, 6.45) is 0. The smallest absolute Gasteiger partial charge is 0.226 e. The number of hydrogen-bond donors (Lipinski definition) is 0. The average molecular weight is 470 g/mol. The first-order valence-corrected chi connectivity index (χ1v) is 9.65. The molecule has 4 aromatic rings. The Balaban J connectivity index is 1.85. The van der Waals surface area contributed by atoms with Gasteiger partial charge in [-0.3, -0.25) is 4.79 Å². The van der Waals surface area contributed by atoms with Crippen molar-refractivity contribution in [2.75, 3.05) is 0 Å². The van der Waals surface area contributed by atoms with Crippen LogP contribution in [-0.2, 0) is 0 Å². The molecule has 128 valence electrons. The molecular formula is C21H14Br2N2O. The molecule has 0 unspecified atom stereocenters. The number of carbonyl (C=O) groups excluding carboxylic acids is 1. The molecule has 2 aromatic carbocycles. The summed E-state index contributed by atoms with van der Waals surface area (Å²) in [5.74, 6) is -0.0471. The third kappa shape index (κ3) is 2.97. The maximum atomic E-state index is 13.4. The molecule has 0 saturated carbocycles.